The van der Waals surface area contributed by atoms with E-state index in [9.17, 15) is 4.79 Å². The maximum atomic E-state index is 11.5. The quantitative estimate of drug-likeness (QED) is 0.772. The lowest BCUT2D eigenvalue weighted by Crippen LogP contribution is -2.42. The van der Waals surface area contributed by atoms with Crippen LogP contribution in [0.4, 0.5) is 0 Å². The monoisotopic (exact) mass is 365 g/mol. The van der Waals surface area contributed by atoms with Crippen molar-refractivity contribution < 1.29 is 14.6 Å². The second-order valence-electron chi connectivity index (χ2n) is 6.88. The van der Waals surface area contributed by atoms with Crippen LogP contribution in [0.1, 0.15) is 18.5 Å². The highest BCUT2D eigenvalue weighted by Crippen LogP contribution is 2.27. The predicted molar refractivity (Wildman–Crippen MR) is 103 cm³/mol. The number of hydrogen-bond donors (Lipinski definition) is 1. The third kappa shape index (κ3) is 3.53. The number of likely N-dealkylation sites (tertiary alicyclic amines) is 1. The maximum absolute atomic E-state index is 11.5. The third-order valence-corrected chi connectivity index (χ3v) is 5.20. The van der Waals surface area contributed by atoms with E-state index in [-0.39, 0.29) is 12.0 Å². The Morgan fingerprint density at radius 1 is 1.15 bits per heavy atom. The molecule has 1 saturated heterocycles. The van der Waals surface area contributed by atoms with Crippen molar-refractivity contribution >= 4 is 11.4 Å². The molecule has 4 rings (SSSR count). The van der Waals surface area contributed by atoms with Crippen LogP contribution in [0.5, 0.6) is 5.75 Å². The summed E-state index contributed by atoms with van der Waals surface area (Å²) >= 11 is 0. The molecule has 1 fully saturated rings. The van der Waals surface area contributed by atoms with Gasteiger partial charge in [0.2, 0.25) is 5.91 Å². The standard InChI is InChI=1S/C21H23N3O3/c1-15-20(7-4-17-8-11-22-24(15)17)16-2-5-18(6-3-16)27-19-9-12-23(13-10-19)21(26)14-25/h2-8,11,19,25H,9-10,12-14H2,1H3. The van der Waals surface area contributed by atoms with Crippen molar-refractivity contribution in [2.24, 2.45) is 0 Å². The number of carbonyl (C=O) groups excluding carboxylic acids is 1. The Morgan fingerprint density at radius 2 is 1.89 bits per heavy atom. The Bertz CT molecular complexity index is 941. The topological polar surface area (TPSA) is 67.1 Å². The van der Waals surface area contributed by atoms with E-state index in [0.29, 0.717) is 13.1 Å². The van der Waals surface area contributed by atoms with Crippen LogP contribution < -0.4 is 4.74 Å². The molecule has 6 nitrogen and oxygen atoms in total. The number of benzene rings is 1. The number of rotatable bonds is 4. The first kappa shape index (κ1) is 17.5. The van der Waals surface area contributed by atoms with E-state index in [1.807, 2.05) is 28.9 Å². The number of aliphatic hydroxyl groups is 1. The van der Waals surface area contributed by atoms with Crippen molar-refractivity contribution in [3.05, 3.63) is 54.4 Å². The van der Waals surface area contributed by atoms with Crippen LogP contribution in [0.15, 0.2) is 48.7 Å². The van der Waals surface area contributed by atoms with Crippen LogP contribution in [0.2, 0.25) is 0 Å². The summed E-state index contributed by atoms with van der Waals surface area (Å²) in [7, 11) is 0. The molecule has 27 heavy (non-hydrogen) atoms. The molecule has 0 bridgehead atoms. The summed E-state index contributed by atoms with van der Waals surface area (Å²) < 4.78 is 8.02. The molecule has 140 valence electrons. The molecule has 3 aromatic rings. The average Bonchev–Trinajstić information content (AvgIpc) is 3.19. The highest BCUT2D eigenvalue weighted by molar-refractivity contribution is 5.77. The van der Waals surface area contributed by atoms with Crippen LogP contribution in [-0.4, -0.2) is 51.3 Å². The molecular formula is C21H23N3O3. The van der Waals surface area contributed by atoms with Crippen LogP contribution >= 0.6 is 0 Å². The largest absolute Gasteiger partial charge is 0.490 e. The van der Waals surface area contributed by atoms with Gasteiger partial charge >= 0.3 is 0 Å². The molecular weight excluding hydrogens is 342 g/mol. The number of hydrogen-bond acceptors (Lipinski definition) is 4. The van der Waals surface area contributed by atoms with E-state index < -0.39 is 6.61 Å². The Kier molecular flexibility index (Phi) is 4.81. The van der Waals surface area contributed by atoms with E-state index in [2.05, 4.69) is 36.3 Å². The Hall–Kier alpha value is -2.86. The minimum absolute atomic E-state index is 0.0979. The normalized spacial score (nSPS) is 15.3. The molecule has 0 saturated carbocycles. The van der Waals surface area contributed by atoms with Gasteiger partial charge in [0.05, 0.1) is 5.52 Å². The molecule has 2 aromatic heterocycles. The maximum Gasteiger partial charge on any atom is 0.248 e. The number of pyridine rings is 1. The number of amides is 1. The van der Waals surface area contributed by atoms with Crippen molar-refractivity contribution in [1.29, 1.82) is 0 Å². The van der Waals surface area contributed by atoms with Gasteiger partial charge in [0.1, 0.15) is 18.5 Å². The number of carbonyl (C=O) groups is 1. The van der Waals surface area contributed by atoms with Crippen LogP contribution in [0.3, 0.4) is 0 Å². The lowest BCUT2D eigenvalue weighted by Gasteiger charge is -2.31. The third-order valence-electron chi connectivity index (χ3n) is 5.20. The van der Waals surface area contributed by atoms with E-state index in [0.717, 1.165) is 40.9 Å². The number of aryl methyl sites for hydroxylation is 1. The predicted octanol–water partition coefficient (Wildman–Crippen LogP) is 2.67. The van der Waals surface area contributed by atoms with Gasteiger partial charge in [-0.05, 0) is 36.8 Å². The average molecular weight is 365 g/mol. The Labute approximate surface area is 158 Å². The van der Waals surface area contributed by atoms with Gasteiger partial charge in [-0.2, -0.15) is 5.10 Å². The summed E-state index contributed by atoms with van der Waals surface area (Å²) in [5.41, 5.74) is 4.46. The van der Waals surface area contributed by atoms with E-state index >= 15 is 0 Å². The zero-order chi connectivity index (χ0) is 18.8. The lowest BCUT2D eigenvalue weighted by molar-refractivity contribution is -0.135. The Morgan fingerprint density at radius 3 is 2.59 bits per heavy atom. The first-order valence-electron chi connectivity index (χ1n) is 9.25. The second kappa shape index (κ2) is 7.40. The summed E-state index contributed by atoms with van der Waals surface area (Å²) in [5, 5.41) is 13.3. The molecule has 1 aromatic carbocycles. The van der Waals surface area contributed by atoms with Crippen molar-refractivity contribution in [1.82, 2.24) is 14.5 Å². The van der Waals surface area contributed by atoms with E-state index in [1.165, 1.54) is 0 Å². The fourth-order valence-corrected chi connectivity index (χ4v) is 3.66. The van der Waals surface area contributed by atoms with Crippen LogP contribution in [-0.2, 0) is 4.79 Å². The Balaban J connectivity index is 1.43. The summed E-state index contributed by atoms with van der Waals surface area (Å²) in [6.45, 7) is 2.91. The highest BCUT2D eigenvalue weighted by Gasteiger charge is 2.23. The molecule has 1 aliphatic heterocycles. The summed E-state index contributed by atoms with van der Waals surface area (Å²) in [6.07, 6.45) is 3.47. The first-order chi connectivity index (χ1) is 13.2. The molecule has 6 heteroatoms. The minimum atomic E-state index is -0.420. The number of fused-ring (bicyclic) bond motifs is 1. The summed E-state index contributed by atoms with van der Waals surface area (Å²) in [5.74, 6) is 0.630. The number of ether oxygens (including phenoxy) is 1. The van der Waals surface area contributed by atoms with Crippen LogP contribution in [0.25, 0.3) is 16.6 Å². The van der Waals surface area contributed by atoms with Crippen LogP contribution in [0, 0.1) is 6.92 Å². The van der Waals surface area contributed by atoms with Crippen molar-refractivity contribution in [2.75, 3.05) is 19.7 Å². The molecule has 0 radical (unpaired) electrons. The van der Waals surface area contributed by atoms with Crippen molar-refractivity contribution in [3.63, 3.8) is 0 Å². The van der Waals surface area contributed by atoms with Gasteiger partial charge in [-0.25, -0.2) is 4.52 Å². The fourth-order valence-electron chi connectivity index (χ4n) is 3.66. The fraction of sp³-hybridized carbons (Fsp3) is 0.333. The smallest absolute Gasteiger partial charge is 0.248 e. The van der Waals surface area contributed by atoms with Gasteiger partial charge in [-0.1, -0.05) is 18.2 Å². The van der Waals surface area contributed by atoms with Gasteiger partial charge in [0.15, 0.2) is 0 Å². The molecule has 1 aliphatic rings. The molecule has 0 unspecified atom stereocenters. The number of aromatic nitrogens is 2. The van der Waals surface area contributed by atoms with Gasteiger partial charge in [-0.3, -0.25) is 4.79 Å². The van der Waals surface area contributed by atoms with E-state index in [1.54, 1.807) is 4.90 Å². The molecule has 0 aliphatic carbocycles. The minimum Gasteiger partial charge on any atom is -0.490 e. The summed E-state index contributed by atoms with van der Waals surface area (Å²) in [4.78, 5) is 13.2. The summed E-state index contributed by atoms with van der Waals surface area (Å²) in [6, 6.07) is 14.3. The number of aliphatic hydroxyl groups excluding tert-OH is 1. The molecule has 1 N–H and O–H groups in total. The lowest BCUT2D eigenvalue weighted by atomic mass is 10.0. The first-order valence-corrected chi connectivity index (χ1v) is 9.25. The molecule has 0 atom stereocenters. The SMILES string of the molecule is Cc1c(-c2ccc(OC3CCN(C(=O)CO)CC3)cc2)ccc2ccnn12. The zero-order valence-corrected chi connectivity index (χ0v) is 15.3. The van der Waals surface area contributed by atoms with Gasteiger partial charge in [-0.15, -0.1) is 0 Å². The van der Waals surface area contributed by atoms with Gasteiger partial charge in [0, 0.05) is 43.4 Å². The van der Waals surface area contributed by atoms with E-state index in [4.69, 9.17) is 9.84 Å². The second-order valence-corrected chi connectivity index (χ2v) is 6.88. The molecule has 3 heterocycles. The van der Waals surface area contributed by atoms with Gasteiger partial charge in [0.25, 0.3) is 0 Å². The van der Waals surface area contributed by atoms with Gasteiger partial charge < -0.3 is 14.7 Å². The van der Waals surface area contributed by atoms with Crippen molar-refractivity contribution in [2.45, 2.75) is 25.9 Å². The van der Waals surface area contributed by atoms with Crippen molar-refractivity contribution in [3.8, 4) is 16.9 Å². The zero-order valence-electron chi connectivity index (χ0n) is 15.3. The molecule has 0 spiro atoms. The number of nitrogens with zero attached hydrogens (tertiary/aromatic N) is 3. The molecule has 1 amide bonds. The number of piperidine rings is 1. The highest BCUT2D eigenvalue weighted by atomic mass is 16.5.